The molecule has 0 bridgehead atoms. The second kappa shape index (κ2) is 11.3. The molecule has 5 nitrogen and oxygen atoms in total. The molecule has 3 aromatic rings. The zero-order valence-electron chi connectivity index (χ0n) is 17.8. The summed E-state index contributed by atoms with van der Waals surface area (Å²) in [5, 5.41) is 10.4. The van der Waals surface area contributed by atoms with Crippen molar-refractivity contribution in [1.82, 2.24) is 10.2 Å². The monoisotopic (exact) mass is 465 g/mol. The van der Waals surface area contributed by atoms with E-state index in [4.69, 9.17) is 0 Å². The highest BCUT2D eigenvalue weighted by molar-refractivity contribution is 7.98. The molecule has 1 aliphatic rings. The number of rotatable bonds is 8. The van der Waals surface area contributed by atoms with Crippen molar-refractivity contribution >= 4 is 40.6 Å². The van der Waals surface area contributed by atoms with Gasteiger partial charge < -0.3 is 10.6 Å². The third-order valence-corrected chi connectivity index (χ3v) is 7.33. The number of nitrogens with one attached hydrogen (secondary N) is 2. The summed E-state index contributed by atoms with van der Waals surface area (Å²) in [5.74, 6) is 0.839. The van der Waals surface area contributed by atoms with E-state index >= 15 is 0 Å². The van der Waals surface area contributed by atoms with E-state index in [-0.39, 0.29) is 17.9 Å². The molecule has 2 N–H and O–H groups in total. The van der Waals surface area contributed by atoms with E-state index in [1.165, 1.54) is 5.56 Å². The molecule has 0 unspecified atom stereocenters. The number of hydrogen-bond donors (Lipinski definition) is 2. The second-order valence-electron chi connectivity index (χ2n) is 7.85. The summed E-state index contributed by atoms with van der Waals surface area (Å²) in [7, 11) is 0. The maximum Gasteiger partial charge on any atom is 0.252 e. The van der Waals surface area contributed by atoms with Gasteiger partial charge in [0.2, 0.25) is 5.91 Å². The van der Waals surface area contributed by atoms with E-state index < -0.39 is 0 Å². The normalized spacial score (nSPS) is 14.8. The largest absolute Gasteiger partial charge is 0.349 e. The summed E-state index contributed by atoms with van der Waals surface area (Å²) in [6, 6.07) is 19.6. The number of nitrogens with zero attached hydrogens (tertiary/aromatic N) is 1. The van der Waals surface area contributed by atoms with Crippen molar-refractivity contribution in [3.8, 4) is 0 Å². The molecule has 0 aliphatic carbocycles. The van der Waals surface area contributed by atoms with Crippen molar-refractivity contribution in [2.24, 2.45) is 0 Å². The van der Waals surface area contributed by atoms with E-state index in [1.54, 1.807) is 23.1 Å². The molecule has 2 aromatic carbocycles. The number of thiophene rings is 1. The van der Waals surface area contributed by atoms with Crippen LogP contribution in [0.3, 0.4) is 0 Å². The lowest BCUT2D eigenvalue weighted by molar-refractivity contribution is -0.117. The minimum atomic E-state index is -0.0151. The maximum atomic E-state index is 13.0. The first-order chi connectivity index (χ1) is 15.7. The maximum absolute atomic E-state index is 13.0. The van der Waals surface area contributed by atoms with E-state index in [0.29, 0.717) is 6.54 Å². The Balaban J connectivity index is 1.24. The molecule has 1 fully saturated rings. The van der Waals surface area contributed by atoms with E-state index in [1.807, 2.05) is 54.6 Å². The Morgan fingerprint density at radius 1 is 1.00 bits per heavy atom. The molecular weight excluding hydrogens is 438 g/mol. The first-order valence-electron chi connectivity index (χ1n) is 10.8. The van der Waals surface area contributed by atoms with Crippen molar-refractivity contribution in [2.45, 2.75) is 29.5 Å². The predicted octanol–water partition coefficient (Wildman–Crippen LogP) is 4.87. The van der Waals surface area contributed by atoms with Crippen molar-refractivity contribution in [3.05, 3.63) is 82.6 Å². The van der Waals surface area contributed by atoms with Crippen LogP contribution in [-0.2, 0) is 10.5 Å². The van der Waals surface area contributed by atoms with E-state index in [9.17, 15) is 9.59 Å². The van der Waals surface area contributed by atoms with Crippen LogP contribution in [0.2, 0.25) is 0 Å². The van der Waals surface area contributed by atoms with Crippen LogP contribution in [0.25, 0.3) is 0 Å². The molecule has 166 valence electrons. The lowest BCUT2D eigenvalue weighted by atomic mass is 10.0. The number of amides is 2. The molecule has 4 rings (SSSR count). The Bertz CT molecular complexity index is 1020. The molecule has 0 saturated carbocycles. The van der Waals surface area contributed by atoms with E-state index in [0.717, 1.165) is 47.8 Å². The number of likely N-dealkylation sites (tertiary alicyclic amines) is 1. The summed E-state index contributed by atoms with van der Waals surface area (Å²) in [6.45, 7) is 1.96. The summed E-state index contributed by atoms with van der Waals surface area (Å²) in [4.78, 5) is 28.4. The number of anilines is 1. The van der Waals surface area contributed by atoms with Crippen LogP contribution in [0, 0.1) is 0 Å². The van der Waals surface area contributed by atoms with Gasteiger partial charge in [-0.2, -0.15) is 11.3 Å². The minimum Gasteiger partial charge on any atom is -0.349 e. The lowest BCUT2D eigenvalue weighted by Crippen LogP contribution is -2.46. The molecule has 0 radical (unpaired) electrons. The van der Waals surface area contributed by atoms with Gasteiger partial charge in [-0.1, -0.05) is 30.3 Å². The van der Waals surface area contributed by atoms with Gasteiger partial charge in [-0.05, 0) is 59.5 Å². The fourth-order valence-electron chi connectivity index (χ4n) is 3.74. The van der Waals surface area contributed by atoms with Gasteiger partial charge in [0.1, 0.15) is 0 Å². The summed E-state index contributed by atoms with van der Waals surface area (Å²) in [6.07, 6.45) is 1.68. The third-order valence-electron chi connectivity index (χ3n) is 5.45. The molecule has 1 aliphatic heterocycles. The van der Waals surface area contributed by atoms with Crippen molar-refractivity contribution in [1.29, 1.82) is 0 Å². The number of hydrogen-bond acceptors (Lipinski definition) is 5. The van der Waals surface area contributed by atoms with Crippen LogP contribution < -0.4 is 10.6 Å². The summed E-state index contributed by atoms with van der Waals surface area (Å²) < 4.78 is 0. The highest BCUT2D eigenvalue weighted by Gasteiger charge is 2.23. The number of carbonyl (C=O) groups is 2. The minimum absolute atomic E-state index is 0.00439. The van der Waals surface area contributed by atoms with Gasteiger partial charge >= 0.3 is 0 Å². The van der Waals surface area contributed by atoms with Gasteiger partial charge in [0.15, 0.2) is 0 Å². The van der Waals surface area contributed by atoms with Crippen LogP contribution >= 0.6 is 23.1 Å². The van der Waals surface area contributed by atoms with Crippen LogP contribution in [0.15, 0.2) is 76.3 Å². The SMILES string of the molecule is O=C(CN1CCC(NC(=O)c2ccccc2SCc2ccsc2)CC1)Nc1ccccc1. The quantitative estimate of drug-likeness (QED) is 0.466. The molecule has 2 heterocycles. The zero-order valence-corrected chi connectivity index (χ0v) is 19.5. The Kier molecular flexibility index (Phi) is 7.98. The standard InChI is InChI=1S/C25H27N3O2S2/c29-24(26-20-6-2-1-3-7-20)16-28-13-10-21(11-14-28)27-25(30)22-8-4-5-9-23(22)32-18-19-12-15-31-17-19/h1-9,12,15,17,21H,10-11,13-14,16,18H2,(H,26,29)(H,27,30). The van der Waals surface area contributed by atoms with Crippen LogP contribution in [0.4, 0.5) is 5.69 Å². The average Bonchev–Trinajstić information content (AvgIpc) is 3.33. The Morgan fingerprint density at radius 3 is 2.50 bits per heavy atom. The molecule has 7 heteroatoms. The molecule has 0 spiro atoms. The van der Waals surface area contributed by atoms with Crippen LogP contribution in [-0.4, -0.2) is 42.4 Å². The molecule has 32 heavy (non-hydrogen) atoms. The fourth-order valence-corrected chi connectivity index (χ4v) is 5.51. The fraction of sp³-hybridized carbons (Fsp3) is 0.280. The highest BCUT2D eigenvalue weighted by Crippen LogP contribution is 2.27. The van der Waals surface area contributed by atoms with Crippen LogP contribution in [0.5, 0.6) is 0 Å². The first-order valence-corrected chi connectivity index (χ1v) is 12.7. The van der Waals surface area contributed by atoms with Gasteiger partial charge in [-0.15, -0.1) is 11.8 Å². The third kappa shape index (κ3) is 6.45. The number of carbonyl (C=O) groups excluding carboxylic acids is 2. The first kappa shape index (κ1) is 22.6. The van der Waals surface area contributed by atoms with Gasteiger partial charge in [-0.25, -0.2) is 0 Å². The summed E-state index contributed by atoms with van der Waals surface area (Å²) >= 11 is 3.39. The summed E-state index contributed by atoms with van der Waals surface area (Å²) in [5.41, 5.74) is 2.83. The van der Waals surface area contributed by atoms with Crippen molar-refractivity contribution in [2.75, 3.05) is 25.0 Å². The van der Waals surface area contributed by atoms with Gasteiger partial charge in [0, 0.05) is 35.5 Å². The molecule has 1 aromatic heterocycles. The second-order valence-corrected chi connectivity index (χ2v) is 9.65. The van der Waals surface area contributed by atoms with Crippen molar-refractivity contribution < 1.29 is 9.59 Å². The number of piperidine rings is 1. The zero-order chi connectivity index (χ0) is 22.2. The van der Waals surface area contributed by atoms with Gasteiger partial charge in [-0.3, -0.25) is 14.5 Å². The van der Waals surface area contributed by atoms with Crippen LogP contribution in [0.1, 0.15) is 28.8 Å². The molecular formula is C25H27N3O2S2. The number of benzene rings is 2. The van der Waals surface area contributed by atoms with Gasteiger partial charge in [0.25, 0.3) is 5.91 Å². The molecule has 1 saturated heterocycles. The Hall–Kier alpha value is -2.61. The molecule has 0 atom stereocenters. The Morgan fingerprint density at radius 2 is 1.75 bits per heavy atom. The lowest BCUT2D eigenvalue weighted by Gasteiger charge is -2.32. The number of thioether (sulfide) groups is 1. The smallest absolute Gasteiger partial charge is 0.252 e. The van der Waals surface area contributed by atoms with Crippen molar-refractivity contribution in [3.63, 3.8) is 0 Å². The molecule has 2 amide bonds. The predicted molar refractivity (Wildman–Crippen MR) is 132 cm³/mol. The Labute approximate surface area is 197 Å². The number of para-hydroxylation sites is 1. The average molecular weight is 466 g/mol. The van der Waals surface area contributed by atoms with Gasteiger partial charge in [0.05, 0.1) is 12.1 Å². The topological polar surface area (TPSA) is 61.4 Å². The van der Waals surface area contributed by atoms with E-state index in [2.05, 4.69) is 32.4 Å². The highest BCUT2D eigenvalue weighted by atomic mass is 32.2.